The predicted molar refractivity (Wildman–Crippen MR) is 83.6 cm³/mol. The van der Waals surface area contributed by atoms with E-state index in [2.05, 4.69) is 5.10 Å². The second-order valence-corrected chi connectivity index (χ2v) is 6.22. The van der Waals surface area contributed by atoms with E-state index in [4.69, 9.17) is 17.3 Å². The molecule has 1 aromatic heterocycles. The lowest BCUT2D eigenvalue weighted by Gasteiger charge is -2.21. The number of anilines is 1. The molecule has 1 saturated carbocycles. The minimum Gasteiger partial charge on any atom is -0.398 e. The topological polar surface area (TPSA) is 43.8 Å². The Bertz CT molecular complexity index is 632. The van der Waals surface area contributed by atoms with E-state index in [9.17, 15) is 4.39 Å². The standard InChI is InChI=1S/C16H19ClFN3/c17-14-7-15(18)13(6-16(14)19)12-8-20-21(10-12)9-11-4-2-1-3-5-11/h6-8,10-11H,1-5,9,19H2. The molecule has 2 N–H and O–H groups in total. The fourth-order valence-electron chi connectivity index (χ4n) is 3.02. The summed E-state index contributed by atoms with van der Waals surface area (Å²) in [7, 11) is 0. The van der Waals surface area contributed by atoms with Crippen molar-refractivity contribution in [1.82, 2.24) is 9.78 Å². The zero-order chi connectivity index (χ0) is 14.8. The first-order valence-corrected chi connectivity index (χ1v) is 7.78. The van der Waals surface area contributed by atoms with Crippen molar-refractivity contribution in [3.63, 3.8) is 0 Å². The molecule has 5 heteroatoms. The highest BCUT2D eigenvalue weighted by atomic mass is 35.5. The number of nitrogens with zero attached hydrogens (tertiary/aromatic N) is 2. The number of halogens is 2. The van der Waals surface area contributed by atoms with Gasteiger partial charge in [-0.3, -0.25) is 4.68 Å². The molecule has 0 atom stereocenters. The van der Waals surface area contributed by atoms with E-state index >= 15 is 0 Å². The van der Waals surface area contributed by atoms with Crippen molar-refractivity contribution < 1.29 is 4.39 Å². The first-order valence-electron chi connectivity index (χ1n) is 7.41. The molecule has 21 heavy (non-hydrogen) atoms. The molecule has 1 aromatic carbocycles. The Hall–Kier alpha value is -1.55. The maximum atomic E-state index is 14.0. The molecule has 0 unspecified atom stereocenters. The van der Waals surface area contributed by atoms with Crippen LogP contribution in [0, 0.1) is 11.7 Å². The van der Waals surface area contributed by atoms with Crippen LogP contribution in [0.3, 0.4) is 0 Å². The summed E-state index contributed by atoms with van der Waals surface area (Å²) in [5, 5.41) is 4.60. The van der Waals surface area contributed by atoms with E-state index in [1.807, 2.05) is 10.9 Å². The Morgan fingerprint density at radius 3 is 2.81 bits per heavy atom. The maximum absolute atomic E-state index is 14.0. The largest absolute Gasteiger partial charge is 0.398 e. The molecule has 1 aliphatic carbocycles. The molecule has 112 valence electrons. The van der Waals surface area contributed by atoms with Crippen molar-refractivity contribution in [2.45, 2.75) is 38.6 Å². The SMILES string of the molecule is Nc1cc(-c2cnn(CC3CCCCC3)c2)c(F)cc1Cl. The summed E-state index contributed by atoms with van der Waals surface area (Å²) in [4.78, 5) is 0. The van der Waals surface area contributed by atoms with Crippen molar-refractivity contribution >= 4 is 17.3 Å². The monoisotopic (exact) mass is 307 g/mol. The van der Waals surface area contributed by atoms with E-state index in [1.165, 1.54) is 38.2 Å². The van der Waals surface area contributed by atoms with Gasteiger partial charge in [0.1, 0.15) is 5.82 Å². The molecule has 1 fully saturated rings. The third kappa shape index (κ3) is 3.21. The maximum Gasteiger partial charge on any atom is 0.132 e. The smallest absolute Gasteiger partial charge is 0.132 e. The van der Waals surface area contributed by atoms with Gasteiger partial charge in [-0.05, 0) is 30.9 Å². The number of hydrogen-bond acceptors (Lipinski definition) is 2. The molecule has 3 nitrogen and oxygen atoms in total. The van der Waals surface area contributed by atoms with E-state index in [0.29, 0.717) is 17.2 Å². The van der Waals surface area contributed by atoms with Crippen molar-refractivity contribution in [2.75, 3.05) is 5.73 Å². The van der Waals surface area contributed by atoms with Crippen LogP contribution in [0.4, 0.5) is 10.1 Å². The summed E-state index contributed by atoms with van der Waals surface area (Å²) in [6.45, 7) is 0.907. The fourth-order valence-corrected chi connectivity index (χ4v) is 3.17. The van der Waals surface area contributed by atoms with Crippen molar-refractivity contribution in [3.8, 4) is 11.1 Å². The summed E-state index contributed by atoms with van der Waals surface area (Å²) >= 11 is 5.82. The molecule has 0 spiro atoms. The average Bonchev–Trinajstić information content (AvgIpc) is 2.92. The van der Waals surface area contributed by atoms with Crippen molar-refractivity contribution in [3.05, 3.63) is 35.4 Å². The second kappa shape index (κ2) is 6.06. The summed E-state index contributed by atoms with van der Waals surface area (Å²) in [6, 6.07) is 2.82. The lowest BCUT2D eigenvalue weighted by Crippen LogP contribution is -2.14. The van der Waals surface area contributed by atoms with Crippen LogP contribution in [0.2, 0.25) is 5.02 Å². The first kappa shape index (κ1) is 14.4. The Morgan fingerprint density at radius 2 is 2.05 bits per heavy atom. The third-order valence-electron chi connectivity index (χ3n) is 4.20. The van der Waals surface area contributed by atoms with Gasteiger partial charge < -0.3 is 5.73 Å². The van der Waals surface area contributed by atoms with Crippen LogP contribution >= 0.6 is 11.6 Å². The zero-order valence-electron chi connectivity index (χ0n) is 11.9. The molecule has 0 amide bonds. The van der Waals surface area contributed by atoms with E-state index in [1.54, 1.807) is 12.3 Å². The molecule has 0 saturated heterocycles. The van der Waals surface area contributed by atoms with Gasteiger partial charge in [0.25, 0.3) is 0 Å². The fraction of sp³-hybridized carbons (Fsp3) is 0.438. The van der Waals surface area contributed by atoms with Crippen LogP contribution in [0.5, 0.6) is 0 Å². The van der Waals surface area contributed by atoms with E-state index < -0.39 is 0 Å². The number of benzene rings is 1. The summed E-state index contributed by atoms with van der Waals surface area (Å²) in [5.74, 6) is 0.318. The highest BCUT2D eigenvalue weighted by molar-refractivity contribution is 6.33. The first-order chi connectivity index (χ1) is 10.1. The number of nitrogens with two attached hydrogens (primary N) is 1. The minimum absolute atomic E-state index is 0.242. The van der Waals surface area contributed by atoms with Gasteiger partial charge in [0.15, 0.2) is 0 Å². The molecule has 1 aliphatic rings. The Balaban J connectivity index is 1.79. The van der Waals surface area contributed by atoms with Crippen LogP contribution in [-0.2, 0) is 6.54 Å². The lowest BCUT2D eigenvalue weighted by atomic mass is 9.89. The highest BCUT2D eigenvalue weighted by Gasteiger charge is 2.15. The number of aromatic nitrogens is 2. The highest BCUT2D eigenvalue weighted by Crippen LogP contribution is 2.30. The average molecular weight is 308 g/mol. The molecule has 0 aliphatic heterocycles. The van der Waals surface area contributed by atoms with Gasteiger partial charge in [-0.1, -0.05) is 30.9 Å². The Morgan fingerprint density at radius 1 is 1.29 bits per heavy atom. The zero-order valence-corrected chi connectivity index (χ0v) is 12.6. The van der Waals surface area contributed by atoms with Gasteiger partial charge in [0.05, 0.1) is 16.9 Å². The minimum atomic E-state index is -0.369. The van der Waals surface area contributed by atoms with Crippen LogP contribution in [0.15, 0.2) is 24.5 Å². The van der Waals surface area contributed by atoms with Gasteiger partial charge in [-0.25, -0.2) is 4.39 Å². The van der Waals surface area contributed by atoms with Crippen molar-refractivity contribution in [1.29, 1.82) is 0 Å². The Kier molecular flexibility index (Phi) is 4.15. The van der Waals surface area contributed by atoms with Gasteiger partial charge in [0.2, 0.25) is 0 Å². The van der Waals surface area contributed by atoms with E-state index in [-0.39, 0.29) is 10.8 Å². The number of hydrogen-bond donors (Lipinski definition) is 1. The lowest BCUT2D eigenvalue weighted by molar-refractivity contribution is 0.308. The normalized spacial score (nSPS) is 16.3. The van der Waals surface area contributed by atoms with Crippen molar-refractivity contribution in [2.24, 2.45) is 5.92 Å². The van der Waals surface area contributed by atoms with Gasteiger partial charge in [-0.2, -0.15) is 5.10 Å². The van der Waals surface area contributed by atoms with Crippen LogP contribution < -0.4 is 5.73 Å². The quantitative estimate of drug-likeness (QED) is 0.848. The number of nitrogen functional groups attached to an aromatic ring is 1. The second-order valence-electron chi connectivity index (χ2n) is 5.81. The van der Waals surface area contributed by atoms with E-state index in [0.717, 1.165) is 12.1 Å². The van der Waals surface area contributed by atoms with Crippen LogP contribution in [0.1, 0.15) is 32.1 Å². The van der Waals surface area contributed by atoms with Gasteiger partial charge >= 0.3 is 0 Å². The summed E-state index contributed by atoms with van der Waals surface area (Å²) in [6.07, 6.45) is 10.1. The van der Waals surface area contributed by atoms with Crippen LogP contribution in [0.25, 0.3) is 11.1 Å². The summed E-state index contributed by atoms with van der Waals surface area (Å²) < 4.78 is 15.9. The number of rotatable bonds is 3. The molecular formula is C16H19ClFN3. The molecule has 2 aromatic rings. The molecule has 1 heterocycles. The summed E-state index contributed by atoms with van der Waals surface area (Å²) in [5.41, 5.74) is 7.33. The molecule has 0 radical (unpaired) electrons. The Labute approximate surface area is 128 Å². The molecule has 3 rings (SSSR count). The van der Waals surface area contributed by atoms with Gasteiger partial charge in [-0.15, -0.1) is 0 Å². The van der Waals surface area contributed by atoms with Gasteiger partial charge in [0, 0.05) is 23.9 Å². The molecular weight excluding hydrogens is 289 g/mol. The van der Waals surface area contributed by atoms with Crippen LogP contribution in [-0.4, -0.2) is 9.78 Å². The third-order valence-corrected chi connectivity index (χ3v) is 4.53. The predicted octanol–water partition coefficient (Wildman–Crippen LogP) is 4.51. The molecule has 0 bridgehead atoms.